The molecule has 0 atom stereocenters. The largest absolute Gasteiger partial charge is 0.296 e. The highest BCUT2D eigenvalue weighted by molar-refractivity contribution is 5.26. The second kappa shape index (κ2) is 5.78. The minimum atomic E-state index is -0.161. The molecule has 0 bridgehead atoms. The van der Waals surface area contributed by atoms with Gasteiger partial charge in [0.25, 0.3) is 0 Å². The number of likely N-dealkylation sites (tertiary alicyclic amines) is 1. The molecule has 0 amide bonds. The molecule has 1 fully saturated rings. The smallest absolute Gasteiger partial charge is 0.123 e. The maximum atomic E-state index is 12.9. The van der Waals surface area contributed by atoms with Crippen LogP contribution in [0.25, 0.3) is 0 Å². The SMILES string of the molecule is Fc1ccc(CN2CC(N3CCc4ccncc4C3)C2)cc1. The van der Waals surface area contributed by atoms with Gasteiger partial charge in [0.2, 0.25) is 0 Å². The number of fused-ring (bicyclic) bond motifs is 1. The lowest BCUT2D eigenvalue weighted by molar-refractivity contribution is 0.0208. The van der Waals surface area contributed by atoms with Gasteiger partial charge in [-0.15, -0.1) is 0 Å². The molecule has 0 aliphatic carbocycles. The van der Waals surface area contributed by atoms with Crippen LogP contribution in [-0.4, -0.2) is 40.5 Å². The Bertz CT molecular complexity index is 650. The summed E-state index contributed by atoms with van der Waals surface area (Å²) in [6, 6.07) is 9.64. The Kier molecular flexibility index (Phi) is 3.64. The molecular weight excluding hydrogens is 277 g/mol. The van der Waals surface area contributed by atoms with E-state index in [-0.39, 0.29) is 5.82 Å². The summed E-state index contributed by atoms with van der Waals surface area (Å²) in [5.74, 6) is -0.161. The number of aromatic nitrogens is 1. The molecule has 0 radical (unpaired) electrons. The third kappa shape index (κ3) is 2.76. The van der Waals surface area contributed by atoms with Crippen molar-refractivity contribution in [2.24, 2.45) is 0 Å². The van der Waals surface area contributed by atoms with Gasteiger partial charge in [0.15, 0.2) is 0 Å². The van der Waals surface area contributed by atoms with Crippen LogP contribution < -0.4 is 0 Å². The lowest BCUT2D eigenvalue weighted by Gasteiger charge is -2.47. The monoisotopic (exact) mass is 297 g/mol. The van der Waals surface area contributed by atoms with Gasteiger partial charge in [-0.05, 0) is 41.3 Å². The van der Waals surface area contributed by atoms with Crippen LogP contribution in [0.15, 0.2) is 42.7 Å². The first kappa shape index (κ1) is 13.9. The van der Waals surface area contributed by atoms with E-state index in [0.717, 1.165) is 39.1 Å². The Morgan fingerprint density at radius 1 is 1.09 bits per heavy atom. The highest BCUT2D eigenvalue weighted by Gasteiger charge is 2.33. The number of nitrogens with zero attached hydrogens (tertiary/aromatic N) is 3. The molecule has 0 N–H and O–H groups in total. The molecule has 0 spiro atoms. The average molecular weight is 297 g/mol. The van der Waals surface area contributed by atoms with E-state index in [9.17, 15) is 4.39 Å². The quantitative estimate of drug-likeness (QED) is 0.867. The Morgan fingerprint density at radius 3 is 2.73 bits per heavy atom. The van der Waals surface area contributed by atoms with Crippen molar-refractivity contribution in [2.75, 3.05) is 19.6 Å². The van der Waals surface area contributed by atoms with Crippen LogP contribution in [0.3, 0.4) is 0 Å². The molecule has 3 heterocycles. The highest BCUT2D eigenvalue weighted by Crippen LogP contribution is 2.24. The highest BCUT2D eigenvalue weighted by atomic mass is 19.1. The van der Waals surface area contributed by atoms with E-state index in [2.05, 4.69) is 20.9 Å². The number of halogens is 1. The van der Waals surface area contributed by atoms with E-state index in [0.29, 0.717) is 6.04 Å². The Labute approximate surface area is 130 Å². The summed E-state index contributed by atoms with van der Waals surface area (Å²) in [5, 5.41) is 0. The van der Waals surface area contributed by atoms with Crippen molar-refractivity contribution in [1.29, 1.82) is 0 Å². The average Bonchev–Trinajstić information content (AvgIpc) is 2.52. The van der Waals surface area contributed by atoms with Gasteiger partial charge in [0.05, 0.1) is 0 Å². The van der Waals surface area contributed by atoms with Crippen molar-refractivity contribution in [1.82, 2.24) is 14.8 Å². The van der Waals surface area contributed by atoms with Gasteiger partial charge in [0.1, 0.15) is 5.82 Å². The molecule has 22 heavy (non-hydrogen) atoms. The number of pyridine rings is 1. The maximum Gasteiger partial charge on any atom is 0.123 e. The fraction of sp³-hybridized carbons (Fsp3) is 0.389. The van der Waals surface area contributed by atoms with Crippen molar-refractivity contribution in [3.8, 4) is 0 Å². The minimum Gasteiger partial charge on any atom is -0.296 e. The fourth-order valence-corrected chi connectivity index (χ4v) is 3.47. The first-order chi connectivity index (χ1) is 10.8. The van der Waals surface area contributed by atoms with Crippen LogP contribution in [-0.2, 0) is 19.5 Å². The normalized spacial score (nSPS) is 19.7. The molecule has 1 saturated heterocycles. The number of benzene rings is 1. The zero-order valence-electron chi connectivity index (χ0n) is 12.6. The molecule has 1 aromatic carbocycles. The predicted octanol–water partition coefficient (Wildman–Crippen LogP) is 2.46. The Morgan fingerprint density at radius 2 is 1.91 bits per heavy atom. The Balaban J connectivity index is 1.31. The molecule has 2 aliphatic rings. The molecule has 0 saturated carbocycles. The van der Waals surface area contributed by atoms with Crippen LogP contribution in [0, 0.1) is 5.82 Å². The van der Waals surface area contributed by atoms with E-state index in [1.165, 1.54) is 16.7 Å². The predicted molar refractivity (Wildman–Crippen MR) is 83.8 cm³/mol. The van der Waals surface area contributed by atoms with E-state index < -0.39 is 0 Å². The molecule has 3 nitrogen and oxygen atoms in total. The van der Waals surface area contributed by atoms with E-state index in [1.807, 2.05) is 24.5 Å². The van der Waals surface area contributed by atoms with Gasteiger partial charge in [-0.2, -0.15) is 0 Å². The van der Waals surface area contributed by atoms with E-state index >= 15 is 0 Å². The molecule has 4 heteroatoms. The molecular formula is C18H20FN3. The summed E-state index contributed by atoms with van der Waals surface area (Å²) in [6.07, 6.45) is 5.03. The van der Waals surface area contributed by atoms with Gasteiger partial charge in [-0.1, -0.05) is 12.1 Å². The minimum absolute atomic E-state index is 0.161. The van der Waals surface area contributed by atoms with Gasteiger partial charge < -0.3 is 0 Å². The summed E-state index contributed by atoms with van der Waals surface area (Å²) >= 11 is 0. The molecule has 114 valence electrons. The number of rotatable bonds is 3. The van der Waals surface area contributed by atoms with Gasteiger partial charge >= 0.3 is 0 Å². The second-order valence-electron chi connectivity index (χ2n) is 6.34. The van der Waals surface area contributed by atoms with Crippen molar-refractivity contribution in [2.45, 2.75) is 25.6 Å². The zero-order chi connectivity index (χ0) is 14.9. The summed E-state index contributed by atoms with van der Waals surface area (Å²) in [4.78, 5) is 9.25. The van der Waals surface area contributed by atoms with E-state index in [4.69, 9.17) is 0 Å². The topological polar surface area (TPSA) is 19.4 Å². The first-order valence-corrected chi connectivity index (χ1v) is 7.90. The second-order valence-corrected chi connectivity index (χ2v) is 6.34. The van der Waals surface area contributed by atoms with Gasteiger partial charge in [-0.25, -0.2) is 4.39 Å². The van der Waals surface area contributed by atoms with Crippen LogP contribution in [0.4, 0.5) is 4.39 Å². The third-order valence-electron chi connectivity index (χ3n) is 4.82. The zero-order valence-corrected chi connectivity index (χ0v) is 12.6. The van der Waals surface area contributed by atoms with Crippen LogP contribution in [0.1, 0.15) is 16.7 Å². The van der Waals surface area contributed by atoms with Crippen LogP contribution in [0.5, 0.6) is 0 Å². The van der Waals surface area contributed by atoms with Crippen molar-refractivity contribution >= 4 is 0 Å². The maximum absolute atomic E-state index is 12.9. The number of hydrogen-bond donors (Lipinski definition) is 0. The number of hydrogen-bond acceptors (Lipinski definition) is 3. The summed E-state index contributed by atoms with van der Waals surface area (Å²) in [5.41, 5.74) is 4.02. The standard InChI is InChI=1S/C18H20FN3/c19-17-3-1-14(2-4-17)10-21-12-18(13-21)22-8-6-15-5-7-20-9-16(15)11-22/h1-5,7,9,18H,6,8,10-13H2. The lowest BCUT2D eigenvalue weighted by atomic mass is 9.98. The van der Waals surface area contributed by atoms with Crippen molar-refractivity contribution in [3.05, 3.63) is 65.2 Å². The third-order valence-corrected chi connectivity index (χ3v) is 4.82. The molecule has 0 unspecified atom stereocenters. The van der Waals surface area contributed by atoms with Crippen molar-refractivity contribution < 1.29 is 4.39 Å². The van der Waals surface area contributed by atoms with Crippen LogP contribution in [0.2, 0.25) is 0 Å². The fourth-order valence-electron chi connectivity index (χ4n) is 3.47. The lowest BCUT2D eigenvalue weighted by Crippen LogP contribution is -2.59. The summed E-state index contributed by atoms with van der Waals surface area (Å²) < 4.78 is 12.9. The first-order valence-electron chi connectivity index (χ1n) is 7.90. The molecule has 4 rings (SSSR count). The summed E-state index contributed by atoms with van der Waals surface area (Å²) in [7, 11) is 0. The molecule has 2 aliphatic heterocycles. The van der Waals surface area contributed by atoms with Gasteiger partial charge in [-0.3, -0.25) is 14.8 Å². The summed E-state index contributed by atoms with van der Waals surface area (Å²) in [6.45, 7) is 5.30. The van der Waals surface area contributed by atoms with Gasteiger partial charge in [0, 0.05) is 51.2 Å². The van der Waals surface area contributed by atoms with Crippen molar-refractivity contribution in [3.63, 3.8) is 0 Å². The molecule has 2 aromatic rings. The Hall–Kier alpha value is -1.78. The van der Waals surface area contributed by atoms with Crippen LogP contribution >= 0.6 is 0 Å². The van der Waals surface area contributed by atoms with E-state index in [1.54, 1.807) is 12.1 Å². The molecule has 1 aromatic heterocycles.